The topological polar surface area (TPSA) is 79.3 Å². The van der Waals surface area contributed by atoms with E-state index in [0.29, 0.717) is 0 Å². The third-order valence-corrected chi connectivity index (χ3v) is 2.50. The number of halogens is 2. The number of carbonyl (C=O) groups is 2. The van der Waals surface area contributed by atoms with Crippen LogP contribution in [0.5, 0.6) is 0 Å². The first-order chi connectivity index (χ1) is 9.50. The Labute approximate surface area is 111 Å². The zero-order chi connectivity index (χ0) is 14.7. The van der Waals surface area contributed by atoms with Crippen molar-refractivity contribution in [1.29, 1.82) is 0 Å². The first-order valence-electron chi connectivity index (χ1n) is 5.43. The Hall–Kier alpha value is -2.83. The summed E-state index contributed by atoms with van der Waals surface area (Å²) in [6, 6.07) is 4.42. The van der Waals surface area contributed by atoms with Gasteiger partial charge in [0.25, 0.3) is 5.91 Å². The zero-order valence-electron chi connectivity index (χ0n) is 9.93. The minimum Gasteiger partial charge on any atom is -0.478 e. The van der Waals surface area contributed by atoms with Gasteiger partial charge in [-0.25, -0.2) is 13.6 Å². The van der Waals surface area contributed by atoms with Crippen LogP contribution in [0.4, 0.5) is 14.5 Å². The van der Waals surface area contributed by atoms with Gasteiger partial charge in [0, 0.05) is 6.20 Å². The van der Waals surface area contributed by atoms with Crippen LogP contribution in [-0.2, 0) is 0 Å². The van der Waals surface area contributed by atoms with Crippen LogP contribution in [0.1, 0.15) is 20.7 Å². The van der Waals surface area contributed by atoms with E-state index in [0.717, 1.165) is 24.4 Å². The van der Waals surface area contributed by atoms with Gasteiger partial charge in [-0.2, -0.15) is 0 Å². The summed E-state index contributed by atoms with van der Waals surface area (Å²) in [7, 11) is 0. The maximum Gasteiger partial charge on any atom is 0.337 e. The number of pyridine rings is 1. The Kier molecular flexibility index (Phi) is 3.69. The summed E-state index contributed by atoms with van der Waals surface area (Å²) in [5.41, 5.74) is -1.30. The summed E-state index contributed by atoms with van der Waals surface area (Å²) >= 11 is 0. The van der Waals surface area contributed by atoms with E-state index in [1.54, 1.807) is 0 Å². The number of anilines is 1. The Morgan fingerprint density at radius 1 is 1.10 bits per heavy atom. The molecule has 7 heteroatoms. The zero-order valence-corrected chi connectivity index (χ0v) is 9.93. The molecule has 1 aromatic carbocycles. The number of aromatic nitrogens is 1. The van der Waals surface area contributed by atoms with Gasteiger partial charge >= 0.3 is 5.97 Å². The van der Waals surface area contributed by atoms with Gasteiger partial charge in [-0.05, 0) is 18.2 Å². The molecule has 2 rings (SSSR count). The number of amides is 1. The number of para-hydroxylation sites is 1. The normalized spacial score (nSPS) is 10.1. The molecule has 0 fully saturated rings. The summed E-state index contributed by atoms with van der Waals surface area (Å²) in [5.74, 6) is -4.18. The van der Waals surface area contributed by atoms with Gasteiger partial charge in [-0.3, -0.25) is 9.78 Å². The highest BCUT2D eigenvalue weighted by Gasteiger charge is 2.19. The molecule has 1 aromatic heterocycles. The molecule has 102 valence electrons. The third kappa shape index (κ3) is 2.61. The van der Waals surface area contributed by atoms with E-state index in [2.05, 4.69) is 10.3 Å². The van der Waals surface area contributed by atoms with Gasteiger partial charge in [-0.1, -0.05) is 6.07 Å². The smallest absolute Gasteiger partial charge is 0.337 e. The molecule has 5 nitrogen and oxygen atoms in total. The fourth-order valence-corrected chi connectivity index (χ4v) is 1.57. The summed E-state index contributed by atoms with van der Waals surface area (Å²) < 4.78 is 27.0. The van der Waals surface area contributed by atoms with E-state index in [4.69, 9.17) is 5.11 Å². The van der Waals surface area contributed by atoms with Gasteiger partial charge in [0.1, 0.15) is 5.82 Å². The average molecular weight is 278 g/mol. The second-order valence-corrected chi connectivity index (χ2v) is 3.78. The number of hydrogen-bond acceptors (Lipinski definition) is 3. The van der Waals surface area contributed by atoms with Crippen LogP contribution < -0.4 is 5.32 Å². The first kappa shape index (κ1) is 13.6. The van der Waals surface area contributed by atoms with Crippen molar-refractivity contribution in [2.24, 2.45) is 0 Å². The van der Waals surface area contributed by atoms with E-state index in [-0.39, 0.29) is 5.56 Å². The number of carboxylic acid groups (broad SMARTS) is 1. The lowest BCUT2D eigenvalue weighted by Crippen LogP contribution is -2.17. The van der Waals surface area contributed by atoms with Crippen LogP contribution in [0, 0.1) is 11.6 Å². The molecule has 0 unspecified atom stereocenters. The molecular weight excluding hydrogens is 270 g/mol. The van der Waals surface area contributed by atoms with E-state index in [1.165, 1.54) is 12.3 Å². The third-order valence-electron chi connectivity index (χ3n) is 2.50. The first-order valence-corrected chi connectivity index (χ1v) is 5.43. The Morgan fingerprint density at radius 2 is 1.85 bits per heavy atom. The average Bonchev–Trinajstić information content (AvgIpc) is 2.41. The minimum atomic E-state index is -1.41. The standard InChI is InChI=1S/C13H8F2N2O3/c14-9-3-1-2-8(13(19)20)11(9)17-12(18)7-4-5-16-6-10(7)15/h1-6H,(H,17,18)(H,19,20). The molecule has 0 bridgehead atoms. The van der Waals surface area contributed by atoms with Gasteiger partial charge in [-0.15, -0.1) is 0 Å². The predicted molar refractivity (Wildman–Crippen MR) is 65.5 cm³/mol. The molecule has 2 N–H and O–H groups in total. The second kappa shape index (κ2) is 5.43. The van der Waals surface area contributed by atoms with Crippen molar-refractivity contribution in [1.82, 2.24) is 4.98 Å². The van der Waals surface area contributed by atoms with E-state index in [9.17, 15) is 18.4 Å². The lowest BCUT2D eigenvalue weighted by atomic mass is 10.1. The van der Waals surface area contributed by atoms with Crippen molar-refractivity contribution in [3.8, 4) is 0 Å². The summed E-state index contributed by atoms with van der Waals surface area (Å²) in [5, 5.41) is 11.0. The molecular formula is C13H8F2N2O3. The molecule has 0 aliphatic carbocycles. The van der Waals surface area contributed by atoms with E-state index >= 15 is 0 Å². The molecule has 1 heterocycles. The van der Waals surface area contributed by atoms with E-state index in [1.807, 2.05) is 0 Å². The predicted octanol–water partition coefficient (Wildman–Crippen LogP) is 2.31. The Balaban J connectivity index is 2.38. The van der Waals surface area contributed by atoms with Crippen LogP contribution in [0.3, 0.4) is 0 Å². The number of benzene rings is 1. The Bertz CT molecular complexity index is 689. The van der Waals surface area contributed by atoms with Crippen LogP contribution in [0.25, 0.3) is 0 Å². The van der Waals surface area contributed by atoms with Crippen LogP contribution in [0.15, 0.2) is 36.7 Å². The van der Waals surface area contributed by atoms with Crippen molar-refractivity contribution in [2.45, 2.75) is 0 Å². The molecule has 20 heavy (non-hydrogen) atoms. The monoisotopic (exact) mass is 278 g/mol. The number of nitrogens with zero attached hydrogens (tertiary/aromatic N) is 1. The molecule has 1 amide bonds. The molecule has 0 spiro atoms. The van der Waals surface area contributed by atoms with Crippen LogP contribution >= 0.6 is 0 Å². The van der Waals surface area contributed by atoms with E-state index < -0.39 is 34.8 Å². The van der Waals surface area contributed by atoms with Gasteiger partial charge in [0.2, 0.25) is 0 Å². The summed E-state index contributed by atoms with van der Waals surface area (Å²) in [6.07, 6.45) is 2.02. The summed E-state index contributed by atoms with van der Waals surface area (Å²) in [4.78, 5) is 26.3. The molecule has 0 saturated carbocycles. The molecule has 0 aliphatic heterocycles. The lowest BCUT2D eigenvalue weighted by molar-refractivity contribution is 0.0697. The highest BCUT2D eigenvalue weighted by atomic mass is 19.1. The van der Waals surface area contributed by atoms with Crippen molar-refractivity contribution < 1.29 is 23.5 Å². The van der Waals surface area contributed by atoms with Crippen LogP contribution in [0.2, 0.25) is 0 Å². The maximum absolute atomic E-state index is 13.6. The quantitative estimate of drug-likeness (QED) is 0.903. The highest BCUT2D eigenvalue weighted by Crippen LogP contribution is 2.21. The largest absolute Gasteiger partial charge is 0.478 e. The minimum absolute atomic E-state index is 0.361. The second-order valence-electron chi connectivity index (χ2n) is 3.78. The van der Waals surface area contributed by atoms with Crippen molar-refractivity contribution in [3.05, 3.63) is 59.4 Å². The van der Waals surface area contributed by atoms with Crippen molar-refractivity contribution in [3.63, 3.8) is 0 Å². The van der Waals surface area contributed by atoms with Gasteiger partial charge < -0.3 is 10.4 Å². The maximum atomic E-state index is 13.6. The SMILES string of the molecule is O=C(Nc1c(F)cccc1C(=O)O)c1ccncc1F. The number of carbonyl (C=O) groups excluding carboxylic acids is 1. The highest BCUT2D eigenvalue weighted by molar-refractivity contribution is 6.07. The number of hydrogen-bond donors (Lipinski definition) is 2. The lowest BCUT2D eigenvalue weighted by Gasteiger charge is -2.09. The number of nitrogens with one attached hydrogen (secondary N) is 1. The van der Waals surface area contributed by atoms with Crippen LogP contribution in [-0.4, -0.2) is 22.0 Å². The van der Waals surface area contributed by atoms with Crippen molar-refractivity contribution in [2.75, 3.05) is 5.32 Å². The summed E-state index contributed by atoms with van der Waals surface area (Å²) in [6.45, 7) is 0. The molecule has 2 aromatic rings. The molecule has 0 aliphatic rings. The Morgan fingerprint density at radius 3 is 2.50 bits per heavy atom. The number of aromatic carboxylic acids is 1. The van der Waals surface area contributed by atoms with Crippen molar-refractivity contribution >= 4 is 17.6 Å². The fourth-order valence-electron chi connectivity index (χ4n) is 1.57. The molecule has 0 saturated heterocycles. The van der Waals surface area contributed by atoms with Gasteiger partial charge in [0.15, 0.2) is 5.82 Å². The number of carboxylic acids is 1. The fraction of sp³-hybridized carbons (Fsp3) is 0. The number of rotatable bonds is 3. The molecule has 0 radical (unpaired) electrons. The molecule has 0 atom stereocenters. The van der Waals surface area contributed by atoms with Gasteiger partial charge in [0.05, 0.1) is 23.0 Å².